The van der Waals surface area contributed by atoms with Crippen LogP contribution in [0.3, 0.4) is 0 Å². The number of nitrogens with zero attached hydrogens (tertiary/aromatic N) is 2. The average Bonchev–Trinajstić information content (AvgIpc) is 3.49. The number of esters is 1. The molecule has 1 aliphatic rings. The zero-order valence-corrected chi connectivity index (χ0v) is 19.7. The van der Waals surface area contributed by atoms with Crippen molar-refractivity contribution in [2.45, 2.75) is 13.0 Å². The van der Waals surface area contributed by atoms with Gasteiger partial charge in [-0.2, -0.15) is 0 Å². The third-order valence-corrected chi connectivity index (χ3v) is 7.29. The van der Waals surface area contributed by atoms with Gasteiger partial charge in [-0.1, -0.05) is 65.9 Å². The van der Waals surface area contributed by atoms with Gasteiger partial charge in [0.05, 0.1) is 22.4 Å². The van der Waals surface area contributed by atoms with Crippen LogP contribution < -0.4 is 14.9 Å². The van der Waals surface area contributed by atoms with E-state index in [1.54, 1.807) is 25.1 Å². The van der Waals surface area contributed by atoms with Crippen LogP contribution in [0.25, 0.3) is 11.8 Å². The van der Waals surface area contributed by atoms with Gasteiger partial charge in [0.1, 0.15) is 11.9 Å². The standard InChI is InChI=1S/C26H19FN2O3S2/c1-2-32-25(31)21-22(16-9-4-3-5-10-16)28-26-29(23(21)19-13-8-14-33-19)24(30)20(34-26)15-17-11-6-7-12-18(17)27/h3-15,23H,2H2,1H3/b20-15-/t23-/m0/s1. The van der Waals surface area contributed by atoms with Crippen molar-refractivity contribution in [2.24, 2.45) is 4.99 Å². The number of hydrogen-bond acceptors (Lipinski definition) is 6. The summed E-state index contributed by atoms with van der Waals surface area (Å²) in [6, 6.07) is 18.7. The number of fused-ring (bicyclic) bond motifs is 1. The molecule has 0 saturated carbocycles. The van der Waals surface area contributed by atoms with E-state index in [2.05, 4.69) is 0 Å². The van der Waals surface area contributed by atoms with Crippen molar-refractivity contribution in [1.29, 1.82) is 0 Å². The van der Waals surface area contributed by atoms with Crippen LogP contribution in [-0.4, -0.2) is 17.1 Å². The Labute approximate surface area is 202 Å². The van der Waals surface area contributed by atoms with Gasteiger partial charge >= 0.3 is 5.97 Å². The zero-order chi connectivity index (χ0) is 23.7. The molecule has 170 valence electrons. The Morgan fingerprint density at radius 1 is 1.12 bits per heavy atom. The molecule has 0 amide bonds. The minimum Gasteiger partial charge on any atom is -0.463 e. The van der Waals surface area contributed by atoms with Crippen LogP contribution in [0.1, 0.15) is 29.0 Å². The smallest absolute Gasteiger partial charge is 0.338 e. The van der Waals surface area contributed by atoms with Gasteiger partial charge in [0.2, 0.25) is 0 Å². The number of hydrogen-bond donors (Lipinski definition) is 0. The first-order chi connectivity index (χ1) is 16.6. The molecule has 5 nitrogen and oxygen atoms in total. The maximum Gasteiger partial charge on any atom is 0.338 e. The number of rotatable bonds is 5. The van der Waals surface area contributed by atoms with E-state index in [1.807, 2.05) is 47.8 Å². The zero-order valence-electron chi connectivity index (χ0n) is 18.1. The van der Waals surface area contributed by atoms with Crippen LogP contribution in [0.4, 0.5) is 4.39 Å². The Morgan fingerprint density at radius 2 is 1.88 bits per heavy atom. The molecule has 0 radical (unpaired) electrons. The van der Waals surface area contributed by atoms with Crippen LogP contribution in [0.5, 0.6) is 0 Å². The van der Waals surface area contributed by atoms with Crippen LogP contribution in [0.2, 0.25) is 0 Å². The molecule has 0 fully saturated rings. The number of carbonyl (C=O) groups is 1. The first kappa shape index (κ1) is 22.2. The molecule has 0 bridgehead atoms. The lowest BCUT2D eigenvalue weighted by Gasteiger charge is -2.24. The summed E-state index contributed by atoms with van der Waals surface area (Å²) in [5.74, 6) is -0.938. The summed E-state index contributed by atoms with van der Waals surface area (Å²) in [6.07, 6.45) is 1.53. The molecule has 0 aliphatic carbocycles. The van der Waals surface area contributed by atoms with Crippen molar-refractivity contribution in [3.8, 4) is 0 Å². The van der Waals surface area contributed by atoms with Crippen LogP contribution in [0, 0.1) is 5.82 Å². The monoisotopic (exact) mass is 490 g/mol. The number of thiazole rings is 1. The van der Waals surface area contributed by atoms with Crippen molar-refractivity contribution in [3.63, 3.8) is 0 Å². The van der Waals surface area contributed by atoms with Gasteiger partial charge in [-0.3, -0.25) is 9.36 Å². The lowest BCUT2D eigenvalue weighted by Crippen LogP contribution is -2.39. The van der Waals surface area contributed by atoms with E-state index >= 15 is 0 Å². The van der Waals surface area contributed by atoms with E-state index < -0.39 is 17.8 Å². The van der Waals surface area contributed by atoms with E-state index in [-0.39, 0.29) is 12.2 Å². The van der Waals surface area contributed by atoms with Crippen molar-refractivity contribution < 1.29 is 13.9 Å². The molecule has 8 heteroatoms. The second kappa shape index (κ2) is 9.32. The number of benzene rings is 2. The molecule has 0 N–H and O–H groups in total. The van der Waals surface area contributed by atoms with Gasteiger partial charge in [-0.15, -0.1) is 11.3 Å². The second-order valence-electron chi connectivity index (χ2n) is 7.47. The number of ether oxygens (including phenoxy) is 1. The second-order valence-corrected chi connectivity index (χ2v) is 9.46. The number of carbonyl (C=O) groups excluding carboxylic acids is 1. The number of halogens is 1. The molecule has 0 unspecified atom stereocenters. The van der Waals surface area contributed by atoms with Crippen LogP contribution in [-0.2, 0) is 9.53 Å². The molecule has 5 rings (SSSR count). The number of thiophene rings is 1. The largest absolute Gasteiger partial charge is 0.463 e. The van der Waals surface area contributed by atoms with Crippen molar-refractivity contribution in [2.75, 3.05) is 6.61 Å². The first-order valence-corrected chi connectivity index (χ1v) is 12.3. The summed E-state index contributed by atoms with van der Waals surface area (Å²) in [7, 11) is 0. The maximum atomic E-state index is 14.3. The topological polar surface area (TPSA) is 60.7 Å². The highest BCUT2D eigenvalue weighted by Crippen LogP contribution is 2.36. The molecule has 0 saturated heterocycles. The highest BCUT2D eigenvalue weighted by molar-refractivity contribution is 7.10. The molecule has 3 heterocycles. The molecule has 4 aromatic rings. The quantitative estimate of drug-likeness (QED) is 0.395. The van der Waals surface area contributed by atoms with Gasteiger partial charge in [0, 0.05) is 16.0 Å². The van der Waals surface area contributed by atoms with Crippen molar-refractivity contribution in [3.05, 3.63) is 119 Å². The minimum absolute atomic E-state index is 0.194. The first-order valence-electron chi connectivity index (χ1n) is 10.6. The Kier molecular flexibility index (Phi) is 6.08. The summed E-state index contributed by atoms with van der Waals surface area (Å²) in [6.45, 7) is 1.93. The van der Waals surface area contributed by atoms with E-state index in [9.17, 15) is 14.0 Å². The van der Waals surface area contributed by atoms with Gasteiger partial charge in [-0.25, -0.2) is 14.2 Å². The third kappa shape index (κ3) is 3.95. The van der Waals surface area contributed by atoms with Gasteiger partial charge in [0.25, 0.3) is 5.56 Å². The van der Waals surface area contributed by atoms with Gasteiger partial charge < -0.3 is 4.74 Å². The Morgan fingerprint density at radius 3 is 2.59 bits per heavy atom. The molecule has 1 aliphatic heterocycles. The highest BCUT2D eigenvalue weighted by atomic mass is 32.1. The Bertz CT molecular complexity index is 1570. The van der Waals surface area contributed by atoms with Gasteiger partial charge in [-0.05, 0) is 30.5 Å². The normalized spacial score (nSPS) is 15.7. The molecule has 34 heavy (non-hydrogen) atoms. The Hall–Kier alpha value is -3.62. The van der Waals surface area contributed by atoms with Crippen LogP contribution in [0.15, 0.2) is 87.5 Å². The van der Waals surface area contributed by atoms with E-state index in [4.69, 9.17) is 9.73 Å². The molecule has 0 spiro atoms. The fraction of sp³-hybridized carbons (Fsp3) is 0.115. The lowest BCUT2D eigenvalue weighted by atomic mass is 9.97. The summed E-state index contributed by atoms with van der Waals surface area (Å²) >= 11 is 2.62. The molecular formula is C26H19FN2O3S2. The molecule has 2 aromatic heterocycles. The maximum absolute atomic E-state index is 14.3. The summed E-state index contributed by atoms with van der Waals surface area (Å²) in [5, 5.41) is 1.90. The van der Waals surface area contributed by atoms with Gasteiger partial charge in [0.15, 0.2) is 4.80 Å². The van der Waals surface area contributed by atoms with Crippen LogP contribution >= 0.6 is 22.7 Å². The van der Waals surface area contributed by atoms with E-state index in [1.165, 1.54) is 39.4 Å². The Balaban J connectivity index is 1.83. The fourth-order valence-electron chi connectivity index (χ4n) is 3.89. The van der Waals surface area contributed by atoms with E-state index in [0.29, 0.717) is 26.2 Å². The predicted molar refractivity (Wildman–Crippen MR) is 132 cm³/mol. The fourth-order valence-corrected chi connectivity index (χ4v) is 5.71. The van der Waals surface area contributed by atoms with Crippen molar-refractivity contribution >= 4 is 40.4 Å². The van der Waals surface area contributed by atoms with E-state index in [0.717, 1.165) is 10.4 Å². The molecule has 1 atom stereocenters. The third-order valence-electron chi connectivity index (χ3n) is 5.38. The van der Waals surface area contributed by atoms with Crippen molar-refractivity contribution in [1.82, 2.24) is 4.57 Å². The summed E-state index contributed by atoms with van der Waals surface area (Å²) in [4.78, 5) is 32.8. The number of aromatic nitrogens is 1. The SMILES string of the molecule is CCOC(=O)C1=C(c2ccccc2)N=c2s/c(=C\c3ccccc3F)c(=O)n2[C@H]1c1cccs1. The molecule has 2 aromatic carbocycles. The minimum atomic E-state index is -0.701. The predicted octanol–water partition coefficient (Wildman–Crippen LogP) is 4.14. The lowest BCUT2D eigenvalue weighted by molar-refractivity contribution is -0.138. The highest BCUT2D eigenvalue weighted by Gasteiger charge is 2.35. The summed E-state index contributed by atoms with van der Waals surface area (Å²) in [5.41, 5.74) is 1.50. The molecular weight excluding hydrogens is 471 g/mol. The summed E-state index contributed by atoms with van der Waals surface area (Å²) < 4.78 is 21.6. The average molecular weight is 491 g/mol.